The lowest BCUT2D eigenvalue weighted by atomic mass is 10.1. The molecule has 86 valence electrons. The lowest BCUT2D eigenvalue weighted by Gasteiger charge is -2.00. The summed E-state index contributed by atoms with van der Waals surface area (Å²) in [6, 6.07) is 10.6. The van der Waals surface area contributed by atoms with E-state index in [1.165, 1.54) is 6.07 Å². The van der Waals surface area contributed by atoms with Gasteiger partial charge in [0.05, 0.1) is 4.92 Å². The van der Waals surface area contributed by atoms with E-state index in [0.717, 1.165) is 16.3 Å². The maximum absolute atomic E-state index is 10.6. The Bertz CT molecular complexity index is 591. The van der Waals surface area contributed by atoms with Crippen LogP contribution >= 0.6 is 0 Å². The van der Waals surface area contributed by atoms with Crippen molar-refractivity contribution in [3.63, 3.8) is 0 Å². The fourth-order valence-corrected chi connectivity index (χ4v) is 1.67. The summed E-state index contributed by atoms with van der Waals surface area (Å²) in [7, 11) is 0. The van der Waals surface area contributed by atoms with Gasteiger partial charge in [-0.2, -0.15) is 0 Å². The number of fused-ring (bicyclic) bond motifs is 1. The van der Waals surface area contributed by atoms with Crippen LogP contribution in [0.4, 0.5) is 5.69 Å². The van der Waals surface area contributed by atoms with Gasteiger partial charge in [0.15, 0.2) is 0 Å². The Kier molecular flexibility index (Phi) is 3.16. The first-order chi connectivity index (χ1) is 8.20. The van der Waals surface area contributed by atoms with E-state index < -0.39 is 0 Å². The van der Waals surface area contributed by atoms with Gasteiger partial charge in [-0.3, -0.25) is 10.1 Å². The molecule has 0 spiro atoms. The Morgan fingerprint density at radius 2 is 1.88 bits per heavy atom. The third-order valence-electron chi connectivity index (χ3n) is 2.51. The van der Waals surface area contributed by atoms with Crippen LogP contribution in [0.3, 0.4) is 0 Å². The zero-order valence-electron chi connectivity index (χ0n) is 9.17. The van der Waals surface area contributed by atoms with Gasteiger partial charge in [0.25, 0.3) is 5.69 Å². The van der Waals surface area contributed by atoms with Crippen LogP contribution in [0.1, 0.15) is 5.56 Å². The molecular formula is C13H12N2O2. The molecule has 0 saturated carbocycles. The summed E-state index contributed by atoms with van der Waals surface area (Å²) in [5.74, 6) is 0. The maximum atomic E-state index is 10.6. The molecule has 0 saturated heterocycles. The molecule has 0 aliphatic heterocycles. The fourth-order valence-electron chi connectivity index (χ4n) is 1.67. The minimum Gasteiger partial charge on any atom is -0.327 e. The molecule has 0 aliphatic rings. The summed E-state index contributed by atoms with van der Waals surface area (Å²) in [6.07, 6.45) is 3.80. The normalized spacial score (nSPS) is 11.1. The molecule has 0 heterocycles. The van der Waals surface area contributed by atoms with Crippen LogP contribution in [0.2, 0.25) is 0 Å². The molecule has 0 aliphatic carbocycles. The summed E-state index contributed by atoms with van der Waals surface area (Å²) >= 11 is 0. The average Bonchev–Trinajstić information content (AvgIpc) is 2.35. The van der Waals surface area contributed by atoms with E-state index in [1.54, 1.807) is 12.1 Å². The molecule has 2 aromatic rings. The van der Waals surface area contributed by atoms with Gasteiger partial charge in [-0.15, -0.1) is 0 Å². The number of hydrogen-bond donors (Lipinski definition) is 1. The zero-order valence-corrected chi connectivity index (χ0v) is 9.17. The van der Waals surface area contributed by atoms with Gasteiger partial charge in [-0.1, -0.05) is 24.3 Å². The van der Waals surface area contributed by atoms with E-state index in [4.69, 9.17) is 5.73 Å². The van der Waals surface area contributed by atoms with Crippen molar-refractivity contribution in [2.45, 2.75) is 0 Å². The quantitative estimate of drug-likeness (QED) is 0.648. The van der Waals surface area contributed by atoms with Crippen LogP contribution in [0.5, 0.6) is 0 Å². The van der Waals surface area contributed by atoms with E-state index in [9.17, 15) is 10.1 Å². The first kappa shape index (κ1) is 11.3. The first-order valence-electron chi connectivity index (χ1n) is 5.25. The number of benzene rings is 2. The van der Waals surface area contributed by atoms with Crippen LogP contribution in [0.25, 0.3) is 16.8 Å². The second-order valence-electron chi connectivity index (χ2n) is 3.69. The molecule has 2 rings (SSSR count). The number of nitrogens with two attached hydrogens (primary N) is 1. The SMILES string of the molecule is NCC=Cc1ccc2cc([N+](=O)[O-])ccc2c1. The van der Waals surface area contributed by atoms with Crippen molar-refractivity contribution in [3.05, 3.63) is 58.2 Å². The number of hydrogen-bond acceptors (Lipinski definition) is 3. The third kappa shape index (κ3) is 2.49. The molecule has 2 N–H and O–H groups in total. The van der Waals surface area contributed by atoms with Gasteiger partial charge in [-0.25, -0.2) is 0 Å². The van der Waals surface area contributed by atoms with Crippen LogP contribution in [0.15, 0.2) is 42.5 Å². The van der Waals surface area contributed by atoms with Crippen LogP contribution in [0, 0.1) is 10.1 Å². The van der Waals surface area contributed by atoms with Gasteiger partial charge in [0, 0.05) is 18.7 Å². The molecule has 0 amide bonds. The molecule has 0 unspecified atom stereocenters. The molecule has 4 heteroatoms. The standard InChI is InChI=1S/C13H12N2O2/c14-7-1-2-10-3-4-12-9-13(15(16)17)6-5-11(12)8-10/h1-6,8-9H,7,14H2. The van der Waals surface area contributed by atoms with Crippen LogP contribution in [-0.2, 0) is 0 Å². The lowest BCUT2D eigenvalue weighted by molar-refractivity contribution is -0.384. The second-order valence-corrected chi connectivity index (χ2v) is 3.69. The predicted octanol–water partition coefficient (Wildman–Crippen LogP) is 2.72. The van der Waals surface area contributed by atoms with Gasteiger partial charge < -0.3 is 5.73 Å². The predicted molar refractivity (Wildman–Crippen MR) is 68.7 cm³/mol. The number of nitrogens with zero attached hydrogens (tertiary/aromatic N) is 1. The lowest BCUT2D eigenvalue weighted by Crippen LogP contribution is -1.91. The Hall–Kier alpha value is -2.20. The summed E-state index contributed by atoms with van der Waals surface area (Å²) in [6.45, 7) is 0.498. The Morgan fingerprint density at radius 1 is 1.18 bits per heavy atom. The molecule has 0 radical (unpaired) electrons. The average molecular weight is 228 g/mol. The second kappa shape index (κ2) is 4.76. The van der Waals surface area contributed by atoms with E-state index >= 15 is 0 Å². The van der Waals surface area contributed by atoms with Crippen molar-refractivity contribution in [1.82, 2.24) is 0 Å². The maximum Gasteiger partial charge on any atom is 0.270 e. The minimum absolute atomic E-state index is 0.114. The summed E-state index contributed by atoms with van der Waals surface area (Å²) < 4.78 is 0. The van der Waals surface area contributed by atoms with Gasteiger partial charge in [0.1, 0.15) is 0 Å². The summed E-state index contributed by atoms with van der Waals surface area (Å²) in [4.78, 5) is 10.2. The molecular weight excluding hydrogens is 216 g/mol. The molecule has 0 fully saturated rings. The largest absolute Gasteiger partial charge is 0.327 e. The van der Waals surface area contributed by atoms with Gasteiger partial charge in [-0.05, 0) is 28.5 Å². The summed E-state index contributed by atoms with van der Waals surface area (Å²) in [5.41, 5.74) is 6.53. The molecule has 17 heavy (non-hydrogen) atoms. The van der Waals surface area contributed by atoms with Crippen LogP contribution in [-0.4, -0.2) is 11.5 Å². The molecule has 2 aromatic carbocycles. The summed E-state index contributed by atoms with van der Waals surface area (Å²) in [5, 5.41) is 12.5. The molecule has 0 aromatic heterocycles. The molecule has 0 bridgehead atoms. The fraction of sp³-hybridized carbons (Fsp3) is 0.0769. The van der Waals surface area contributed by atoms with Crippen molar-refractivity contribution >= 4 is 22.5 Å². The Labute approximate surface area is 98.5 Å². The molecule has 0 atom stereocenters. The topological polar surface area (TPSA) is 69.2 Å². The van der Waals surface area contributed by atoms with Gasteiger partial charge >= 0.3 is 0 Å². The third-order valence-corrected chi connectivity index (χ3v) is 2.51. The van der Waals surface area contributed by atoms with Crippen molar-refractivity contribution in [2.24, 2.45) is 5.73 Å². The van der Waals surface area contributed by atoms with Crippen LogP contribution < -0.4 is 5.73 Å². The van der Waals surface area contributed by atoms with E-state index in [2.05, 4.69) is 0 Å². The van der Waals surface area contributed by atoms with Crippen molar-refractivity contribution in [1.29, 1.82) is 0 Å². The van der Waals surface area contributed by atoms with Crippen molar-refractivity contribution < 1.29 is 4.92 Å². The number of nitro groups is 1. The number of nitro benzene ring substituents is 1. The highest BCUT2D eigenvalue weighted by atomic mass is 16.6. The molecule has 4 nitrogen and oxygen atoms in total. The monoisotopic (exact) mass is 228 g/mol. The highest BCUT2D eigenvalue weighted by Crippen LogP contribution is 2.22. The van der Waals surface area contributed by atoms with E-state index in [1.807, 2.05) is 30.4 Å². The van der Waals surface area contributed by atoms with Gasteiger partial charge in [0.2, 0.25) is 0 Å². The van der Waals surface area contributed by atoms with Crippen molar-refractivity contribution in [3.8, 4) is 0 Å². The number of non-ortho nitro benzene ring substituents is 1. The zero-order chi connectivity index (χ0) is 12.3. The first-order valence-corrected chi connectivity index (χ1v) is 5.25. The minimum atomic E-state index is -0.387. The Morgan fingerprint density at radius 3 is 2.59 bits per heavy atom. The number of rotatable bonds is 3. The van der Waals surface area contributed by atoms with Crippen molar-refractivity contribution in [2.75, 3.05) is 6.54 Å². The highest BCUT2D eigenvalue weighted by Gasteiger charge is 2.05. The van der Waals surface area contributed by atoms with E-state index in [-0.39, 0.29) is 10.6 Å². The Balaban J connectivity index is 2.46. The smallest absolute Gasteiger partial charge is 0.270 e. The highest BCUT2D eigenvalue weighted by molar-refractivity contribution is 5.86. The van der Waals surface area contributed by atoms with E-state index in [0.29, 0.717) is 6.54 Å².